The highest BCUT2D eigenvalue weighted by molar-refractivity contribution is 9.10. The quantitative estimate of drug-likeness (QED) is 0.457. The lowest BCUT2D eigenvalue weighted by molar-refractivity contribution is -0.00384. The van der Waals surface area contributed by atoms with Crippen molar-refractivity contribution in [1.29, 1.82) is 0 Å². The van der Waals surface area contributed by atoms with E-state index in [9.17, 15) is 14.3 Å². The van der Waals surface area contributed by atoms with Crippen molar-refractivity contribution in [3.05, 3.63) is 59.0 Å². The summed E-state index contributed by atoms with van der Waals surface area (Å²) in [5, 5.41) is 18.9. The number of benzene rings is 2. The van der Waals surface area contributed by atoms with Gasteiger partial charge >= 0.3 is 6.03 Å². The Kier molecular flexibility index (Phi) is 6.73. The van der Waals surface area contributed by atoms with E-state index in [1.165, 1.54) is 12.1 Å². The van der Waals surface area contributed by atoms with Gasteiger partial charge in [0.1, 0.15) is 18.2 Å². The Morgan fingerprint density at radius 3 is 2.75 bits per heavy atom. The predicted molar refractivity (Wildman–Crippen MR) is 123 cm³/mol. The Bertz CT molecular complexity index is 1100. The first kappa shape index (κ1) is 22.3. The highest BCUT2D eigenvalue weighted by Crippen LogP contribution is 2.36. The molecule has 0 radical (unpaired) electrons. The number of amides is 2. The Labute approximate surface area is 193 Å². The molecule has 32 heavy (non-hydrogen) atoms. The molecule has 0 bridgehead atoms. The summed E-state index contributed by atoms with van der Waals surface area (Å²) >= 11 is 3.52. The minimum absolute atomic E-state index is 0.0932. The Morgan fingerprint density at radius 1 is 1.28 bits per heavy atom. The first-order valence-electron chi connectivity index (χ1n) is 10.1. The molecular weight excluding hydrogens is 481 g/mol. The van der Waals surface area contributed by atoms with E-state index in [-0.39, 0.29) is 11.8 Å². The summed E-state index contributed by atoms with van der Waals surface area (Å²) in [6.07, 6.45) is 1.43. The van der Waals surface area contributed by atoms with Crippen molar-refractivity contribution >= 4 is 33.3 Å². The minimum atomic E-state index is -0.560. The van der Waals surface area contributed by atoms with Crippen molar-refractivity contribution in [3.63, 3.8) is 0 Å². The Hall–Kier alpha value is -2.95. The van der Waals surface area contributed by atoms with Crippen molar-refractivity contribution in [2.75, 3.05) is 36.9 Å². The van der Waals surface area contributed by atoms with Gasteiger partial charge in [0.05, 0.1) is 28.2 Å². The number of hydrogen-bond donors (Lipinski definition) is 3. The fraction of sp³-hybridized carbons (Fsp3) is 0.273. The van der Waals surface area contributed by atoms with E-state index >= 15 is 0 Å². The van der Waals surface area contributed by atoms with E-state index in [0.717, 1.165) is 15.7 Å². The molecule has 1 aromatic heterocycles. The van der Waals surface area contributed by atoms with E-state index < -0.39 is 11.8 Å². The lowest BCUT2D eigenvalue weighted by Gasteiger charge is -2.35. The molecule has 0 spiro atoms. The van der Waals surface area contributed by atoms with Crippen LogP contribution in [0, 0.1) is 5.82 Å². The molecule has 2 aromatic carbocycles. The number of aryl methyl sites for hydroxylation is 1. The number of para-hydroxylation sites is 1. The van der Waals surface area contributed by atoms with Gasteiger partial charge in [0.25, 0.3) is 0 Å². The molecule has 2 heterocycles. The lowest BCUT2D eigenvalue weighted by atomic mass is 10.1. The van der Waals surface area contributed by atoms with E-state index in [1.54, 1.807) is 41.2 Å². The van der Waals surface area contributed by atoms with E-state index in [4.69, 9.17) is 4.74 Å². The second-order valence-electron chi connectivity index (χ2n) is 7.50. The summed E-state index contributed by atoms with van der Waals surface area (Å²) in [6, 6.07) is 10.7. The first-order chi connectivity index (χ1) is 15.4. The molecule has 1 fully saturated rings. The number of aliphatic hydroxyl groups excluding tert-OH is 1. The molecule has 0 saturated carbocycles. The number of halogens is 2. The molecule has 168 valence electrons. The van der Waals surface area contributed by atoms with Gasteiger partial charge in [0, 0.05) is 37.9 Å². The molecule has 0 aliphatic carbocycles. The number of carbonyl (C=O) groups excluding carboxylic acids is 1. The topological polar surface area (TPSA) is 91.7 Å². The van der Waals surface area contributed by atoms with Gasteiger partial charge in [0.2, 0.25) is 0 Å². The third-order valence-corrected chi connectivity index (χ3v) is 5.69. The summed E-state index contributed by atoms with van der Waals surface area (Å²) in [7, 11) is 1.82. The number of aromatic nitrogens is 2. The van der Waals surface area contributed by atoms with Crippen LogP contribution in [0.25, 0.3) is 11.3 Å². The third kappa shape index (κ3) is 5.09. The summed E-state index contributed by atoms with van der Waals surface area (Å²) in [4.78, 5) is 14.5. The number of nitrogens with zero attached hydrogens (tertiary/aromatic N) is 3. The number of nitrogens with one attached hydrogen (secondary N) is 2. The van der Waals surface area contributed by atoms with Gasteiger partial charge in [0.15, 0.2) is 0 Å². The fourth-order valence-corrected chi connectivity index (χ4v) is 4.05. The van der Waals surface area contributed by atoms with Crippen molar-refractivity contribution < 1.29 is 19.0 Å². The Balaban J connectivity index is 1.51. The average Bonchev–Trinajstić information content (AvgIpc) is 3.07. The molecule has 0 atom stereocenters. The normalized spacial score (nSPS) is 14.1. The molecule has 4 rings (SSSR count). The second-order valence-corrected chi connectivity index (χ2v) is 8.35. The summed E-state index contributed by atoms with van der Waals surface area (Å²) in [5.74, 6) is 0.121. The van der Waals surface area contributed by atoms with Crippen molar-refractivity contribution in [2.45, 2.75) is 6.10 Å². The molecule has 0 unspecified atom stereocenters. The molecule has 1 saturated heterocycles. The number of carbonyl (C=O) groups is 1. The molecule has 2 amide bonds. The zero-order chi connectivity index (χ0) is 22.7. The lowest BCUT2D eigenvalue weighted by Crippen LogP contribution is -2.51. The first-order valence-corrected chi connectivity index (χ1v) is 10.9. The van der Waals surface area contributed by atoms with Crippen LogP contribution < -0.4 is 15.4 Å². The SMILES string of the molecule is Cn1ncc(Br)c1-c1cc(NC(=O)Nc2ccccc2F)ccc1OCCN1CC(O)C1. The number of urea groups is 1. The van der Waals surface area contributed by atoms with Gasteiger partial charge < -0.3 is 20.5 Å². The highest BCUT2D eigenvalue weighted by Gasteiger charge is 2.24. The van der Waals surface area contributed by atoms with Crippen molar-refractivity contribution in [3.8, 4) is 17.0 Å². The minimum Gasteiger partial charge on any atom is -0.492 e. The smallest absolute Gasteiger partial charge is 0.323 e. The van der Waals surface area contributed by atoms with Gasteiger partial charge in [-0.3, -0.25) is 9.58 Å². The number of likely N-dealkylation sites (tertiary alicyclic amines) is 1. The maximum atomic E-state index is 13.8. The van der Waals surface area contributed by atoms with Crippen molar-refractivity contribution in [2.24, 2.45) is 7.05 Å². The number of aliphatic hydroxyl groups is 1. The van der Waals surface area contributed by atoms with Crippen molar-refractivity contribution in [1.82, 2.24) is 14.7 Å². The van der Waals surface area contributed by atoms with Crippen LogP contribution in [0.4, 0.5) is 20.6 Å². The zero-order valence-electron chi connectivity index (χ0n) is 17.4. The second kappa shape index (κ2) is 9.68. The van der Waals surface area contributed by atoms with E-state index in [1.807, 2.05) is 7.05 Å². The number of hydrogen-bond acceptors (Lipinski definition) is 5. The highest BCUT2D eigenvalue weighted by atomic mass is 79.9. The molecule has 8 nitrogen and oxygen atoms in total. The van der Waals surface area contributed by atoms with Gasteiger partial charge in [-0.2, -0.15) is 5.10 Å². The number of anilines is 2. The maximum Gasteiger partial charge on any atom is 0.323 e. The van der Waals surface area contributed by atoms with Crippen LogP contribution >= 0.6 is 15.9 Å². The van der Waals surface area contributed by atoms with Gasteiger partial charge in [-0.15, -0.1) is 0 Å². The summed E-state index contributed by atoms with van der Waals surface area (Å²) < 4.78 is 22.3. The predicted octanol–water partition coefficient (Wildman–Crippen LogP) is 3.69. The molecule has 1 aliphatic rings. The summed E-state index contributed by atoms with van der Waals surface area (Å²) in [6.45, 7) is 2.47. The number of ether oxygens (including phenoxy) is 1. The number of rotatable bonds is 7. The standard InChI is InChI=1S/C22H23BrFN5O3/c1-28-21(17(23)11-25-28)16-10-14(26-22(31)27-19-5-3-2-4-18(19)24)6-7-20(16)32-9-8-29-12-15(30)13-29/h2-7,10-11,15,30H,8-9,12-13H2,1H3,(H2,26,27,31). The van der Waals surface area contributed by atoms with Gasteiger partial charge in [-0.1, -0.05) is 12.1 Å². The fourth-order valence-electron chi connectivity index (χ4n) is 3.49. The van der Waals surface area contributed by atoms with Crippen LogP contribution in [0.1, 0.15) is 0 Å². The molecule has 3 N–H and O–H groups in total. The van der Waals surface area contributed by atoms with Crippen LogP contribution in [0.15, 0.2) is 53.1 Å². The van der Waals surface area contributed by atoms with E-state index in [2.05, 4.69) is 36.6 Å². The molecular formula is C22H23BrFN5O3. The van der Waals surface area contributed by atoms with Crippen LogP contribution in [-0.2, 0) is 7.05 Å². The number of β-amino-alcohol motifs (C(OH)–C–C–N with tert-alkyl or cyclic N) is 1. The van der Waals surface area contributed by atoms with Crippen LogP contribution in [0.5, 0.6) is 5.75 Å². The van der Waals surface area contributed by atoms with Gasteiger partial charge in [-0.25, -0.2) is 9.18 Å². The van der Waals surface area contributed by atoms with Crippen LogP contribution in [0.2, 0.25) is 0 Å². The monoisotopic (exact) mass is 503 g/mol. The third-order valence-electron chi connectivity index (χ3n) is 5.11. The maximum absolute atomic E-state index is 13.8. The van der Waals surface area contributed by atoms with Crippen LogP contribution in [0.3, 0.4) is 0 Å². The summed E-state index contributed by atoms with van der Waals surface area (Å²) in [5.41, 5.74) is 2.14. The van der Waals surface area contributed by atoms with E-state index in [0.29, 0.717) is 37.7 Å². The largest absolute Gasteiger partial charge is 0.492 e. The van der Waals surface area contributed by atoms with Crippen LogP contribution in [-0.4, -0.2) is 58.2 Å². The Morgan fingerprint density at radius 2 is 2.06 bits per heavy atom. The zero-order valence-corrected chi connectivity index (χ0v) is 19.0. The average molecular weight is 504 g/mol. The molecule has 10 heteroatoms. The molecule has 1 aliphatic heterocycles. The van der Waals surface area contributed by atoms with Gasteiger partial charge in [-0.05, 0) is 46.3 Å². The molecule has 3 aromatic rings.